The highest BCUT2D eigenvalue weighted by Crippen LogP contribution is 2.18. The van der Waals surface area contributed by atoms with Crippen molar-refractivity contribution in [2.45, 2.75) is 25.4 Å². The Hall–Kier alpha value is -3.67. The smallest absolute Gasteiger partial charge is 0.326 e. The van der Waals surface area contributed by atoms with Crippen LogP contribution in [0.3, 0.4) is 0 Å². The van der Waals surface area contributed by atoms with Crippen LogP contribution in [-0.4, -0.2) is 35.0 Å². The second-order valence-electron chi connectivity index (χ2n) is 6.81. The zero-order valence-corrected chi connectivity index (χ0v) is 16.0. The molecule has 0 bridgehead atoms. The maximum Gasteiger partial charge on any atom is 0.326 e. The van der Waals surface area contributed by atoms with Gasteiger partial charge in [-0.1, -0.05) is 66.7 Å². The lowest BCUT2D eigenvalue weighted by molar-refractivity contribution is -0.142. The molecule has 2 unspecified atom stereocenters. The second-order valence-corrected chi connectivity index (χ2v) is 6.81. The van der Waals surface area contributed by atoms with Crippen LogP contribution in [-0.2, 0) is 16.0 Å². The van der Waals surface area contributed by atoms with E-state index in [-0.39, 0.29) is 12.3 Å². The quantitative estimate of drug-likeness (QED) is 0.578. The van der Waals surface area contributed by atoms with Crippen molar-refractivity contribution in [2.75, 3.05) is 0 Å². The molecular formula is C23H22N2O4. The van der Waals surface area contributed by atoms with Crippen LogP contribution in [0.4, 0.5) is 0 Å². The minimum absolute atomic E-state index is 0.159. The third-order valence-electron chi connectivity index (χ3n) is 4.67. The van der Waals surface area contributed by atoms with Gasteiger partial charge in [0.2, 0.25) is 5.91 Å². The van der Waals surface area contributed by atoms with Crippen LogP contribution in [0.25, 0.3) is 10.8 Å². The molecule has 0 saturated heterocycles. The first kappa shape index (κ1) is 20.1. The Bertz CT molecular complexity index is 1030. The predicted octanol–water partition coefficient (Wildman–Crippen LogP) is 2.77. The minimum atomic E-state index is -1.13. The number of nitrogens with one attached hydrogen (secondary N) is 2. The van der Waals surface area contributed by atoms with Crippen molar-refractivity contribution in [2.24, 2.45) is 0 Å². The number of hydrogen-bond acceptors (Lipinski definition) is 3. The third kappa shape index (κ3) is 4.99. The van der Waals surface area contributed by atoms with Crippen molar-refractivity contribution in [3.8, 4) is 0 Å². The summed E-state index contributed by atoms with van der Waals surface area (Å²) in [4.78, 5) is 36.7. The van der Waals surface area contributed by atoms with Gasteiger partial charge in [-0.25, -0.2) is 4.79 Å². The van der Waals surface area contributed by atoms with E-state index >= 15 is 0 Å². The molecule has 3 aromatic rings. The van der Waals surface area contributed by atoms with Gasteiger partial charge < -0.3 is 15.7 Å². The van der Waals surface area contributed by atoms with Crippen molar-refractivity contribution in [3.63, 3.8) is 0 Å². The molecule has 2 amide bonds. The van der Waals surface area contributed by atoms with E-state index < -0.39 is 24.0 Å². The van der Waals surface area contributed by atoms with E-state index in [1.807, 2.05) is 48.5 Å². The Labute approximate surface area is 168 Å². The molecule has 3 rings (SSSR count). The summed E-state index contributed by atoms with van der Waals surface area (Å²) in [5.41, 5.74) is 1.26. The average Bonchev–Trinajstić information content (AvgIpc) is 2.73. The molecule has 3 aromatic carbocycles. The normalized spacial score (nSPS) is 12.7. The Balaban J connectivity index is 1.67. The maximum absolute atomic E-state index is 12.7. The molecule has 0 aliphatic rings. The summed E-state index contributed by atoms with van der Waals surface area (Å²) in [5.74, 6) is -2.07. The van der Waals surface area contributed by atoms with Crippen molar-refractivity contribution in [3.05, 3.63) is 83.9 Å². The van der Waals surface area contributed by atoms with E-state index in [1.54, 1.807) is 24.3 Å². The summed E-state index contributed by atoms with van der Waals surface area (Å²) >= 11 is 0. The fourth-order valence-corrected chi connectivity index (χ4v) is 3.11. The molecular weight excluding hydrogens is 368 g/mol. The molecule has 0 aromatic heterocycles. The van der Waals surface area contributed by atoms with E-state index in [2.05, 4.69) is 10.6 Å². The van der Waals surface area contributed by atoms with E-state index in [1.165, 1.54) is 6.92 Å². The number of carbonyl (C=O) groups is 3. The van der Waals surface area contributed by atoms with E-state index in [4.69, 9.17) is 0 Å². The molecule has 2 atom stereocenters. The van der Waals surface area contributed by atoms with Crippen LogP contribution in [0.15, 0.2) is 72.8 Å². The summed E-state index contributed by atoms with van der Waals surface area (Å²) in [5, 5.41) is 16.3. The molecule has 0 heterocycles. The Morgan fingerprint density at radius 1 is 0.862 bits per heavy atom. The van der Waals surface area contributed by atoms with Crippen LogP contribution < -0.4 is 10.6 Å². The first-order valence-electron chi connectivity index (χ1n) is 9.31. The lowest BCUT2D eigenvalue weighted by atomic mass is 10.0. The molecule has 0 fully saturated rings. The minimum Gasteiger partial charge on any atom is -0.480 e. The van der Waals surface area contributed by atoms with Crippen molar-refractivity contribution >= 4 is 28.6 Å². The van der Waals surface area contributed by atoms with E-state index in [0.29, 0.717) is 5.56 Å². The number of aliphatic carboxylic acids is 1. The number of benzene rings is 3. The summed E-state index contributed by atoms with van der Waals surface area (Å²) in [6.07, 6.45) is 0.159. The van der Waals surface area contributed by atoms with Gasteiger partial charge in [0, 0.05) is 12.0 Å². The highest BCUT2D eigenvalue weighted by Gasteiger charge is 2.24. The van der Waals surface area contributed by atoms with Gasteiger partial charge in [-0.05, 0) is 29.3 Å². The number of carboxylic acids is 1. The molecule has 0 spiro atoms. The highest BCUT2D eigenvalue weighted by atomic mass is 16.4. The molecule has 0 aliphatic carbocycles. The van der Waals surface area contributed by atoms with Crippen molar-refractivity contribution in [1.29, 1.82) is 0 Å². The summed E-state index contributed by atoms with van der Waals surface area (Å²) in [7, 11) is 0. The molecule has 29 heavy (non-hydrogen) atoms. The molecule has 6 heteroatoms. The Morgan fingerprint density at radius 3 is 2.24 bits per heavy atom. The zero-order valence-electron chi connectivity index (χ0n) is 16.0. The van der Waals surface area contributed by atoms with Crippen LogP contribution in [0, 0.1) is 0 Å². The average molecular weight is 390 g/mol. The lowest BCUT2D eigenvalue weighted by Crippen LogP contribution is -2.51. The molecule has 3 N–H and O–H groups in total. The number of carbonyl (C=O) groups excluding carboxylic acids is 2. The standard InChI is InChI=1S/C23H22N2O4/c1-15(21(26)25-20(23(28)29)14-16-8-3-2-4-9-16)24-22(27)19-13-7-11-17-10-5-6-12-18(17)19/h2-13,15,20H,14H2,1H3,(H,24,27)(H,25,26)(H,28,29). The fraction of sp³-hybridized carbons (Fsp3) is 0.174. The van der Waals surface area contributed by atoms with E-state index in [0.717, 1.165) is 16.3 Å². The fourth-order valence-electron chi connectivity index (χ4n) is 3.11. The molecule has 0 radical (unpaired) electrons. The third-order valence-corrected chi connectivity index (χ3v) is 4.67. The predicted molar refractivity (Wildman–Crippen MR) is 111 cm³/mol. The van der Waals surface area contributed by atoms with Crippen LogP contribution in [0.1, 0.15) is 22.8 Å². The SMILES string of the molecule is CC(NC(=O)c1cccc2ccccc12)C(=O)NC(Cc1ccccc1)C(=O)O. The van der Waals surface area contributed by atoms with E-state index in [9.17, 15) is 19.5 Å². The van der Waals surface area contributed by atoms with Gasteiger partial charge in [0.1, 0.15) is 12.1 Å². The molecule has 148 valence electrons. The van der Waals surface area contributed by atoms with Gasteiger partial charge in [0.15, 0.2) is 0 Å². The summed E-state index contributed by atoms with van der Waals surface area (Å²) < 4.78 is 0. The van der Waals surface area contributed by atoms with Crippen LogP contribution >= 0.6 is 0 Å². The van der Waals surface area contributed by atoms with Gasteiger partial charge in [-0.2, -0.15) is 0 Å². The van der Waals surface area contributed by atoms with Crippen LogP contribution in [0.5, 0.6) is 0 Å². The number of fused-ring (bicyclic) bond motifs is 1. The van der Waals surface area contributed by atoms with Crippen molar-refractivity contribution in [1.82, 2.24) is 10.6 Å². The van der Waals surface area contributed by atoms with Crippen LogP contribution in [0.2, 0.25) is 0 Å². The number of carboxylic acid groups (broad SMARTS) is 1. The van der Waals surface area contributed by atoms with Gasteiger partial charge in [0.05, 0.1) is 0 Å². The molecule has 0 saturated carbocycles. The van der Waals surface area contributed by atoms with Crippen molar-refractivity contribution < 1.29 is 19.5 Å². The second kappa shape index (κ2) is 9.01. The zero-order chi connectivity index (χ0) is 20.8. The van der Waals surface area contributed by atoms with Gasteiger partial charge >= 0.3 is 5.97 Å². The maximum atomic E-state index is 12.7. The van der Waals surface area contributed by atoms with Gasteiger partial charge in [-0.3, -0.25) is 9.59 Å². The number of amides is 2. The topological polar surface area (TPSA) is 95.5 Å². The number of rotatable bonds is 7. The first-order valence-corrected chi connectivity index (χ1v) is 9.31. The Morgan fingerprint density at radius 2 is 1.52 bits per heavy atom. The Kier molecular flexibility index (Phi) is 6.24. The summed E-state index contributed by atoms with van der Waals surface area (Å²) in [6.45, 7) is 1.53. The summed E-state index contributed by atoms with van der Waals surface area (Å²) in [6, 6.07) is 19.9. The van der Waals surface area contributed by atoms with Gasteiger partial charge in [-0.15, -0.1) is 0 Å². The largest absolute Gasteiger partial charge is 0.480 e. The lowest BCUT2D eigenvalue weighted by Gasteiger charge is -2.19. The highest BCUT2D eigenvalue weighted by molar-refractivity contribution is 6.08. The molecule has 6 nitrogen and oxygen atoms in total. The monoisotopic (exact) mass is 390 g/mol. The van der Waals surface area contributed by atoms with Gasteiger partial charge in [0.25, 0.3) is 5.91 Å². The number of hydrogen-bond donors (Lipinski definition) is 3. The first-order chi connectivity index (χ1) is 14.0. The molecule has 0 aliphatic heterocycles.